The molecule has 0 aliphatic carbocycles. The van der Waals surface area contributed by atoms with Crippen LogP contribution in [0.5, 0.6) is 0 Å². The molecule has 180 valence electrons. The van der Waals surface area contributed by atoms with Crippen LogP contribution >= 0.6 is 0 Å². The Labute approximate surface area is 204 Å². The van der Waals surface area contributed by atoms with Gasteiger partial charge in [0.25, 0.3) is 5.91 Å². The van der Waals surface area contributed by atoms with E-state index in [9.17, 15) is 14.7 Å². The van der Waals surface area contributed by atoms with Gasteiger partial charge in [-0.15, -0.1) is 0 Å². The standard InChI is InChI=1S/C27H28N4O4/c1-4-35-26(33)24-22-18-30(15-12-23(22)31(29-24)17-21-10-5-6-14-28-21)25(32)20-9-7-8-19(16-20)11-13-27(2,3)34/h5-10,14,16,34H,4,12,15,17-18H2,1-3H3. The average Bonchev–Trinajstić information content (AvgIpc) is 3.20. The smallest absolute Gasteiger partial charge is 0.359 e. The third-order valence-electron chi connectivity index (χ3n) is 5.55. The van der Waals surface area contributed by atoms with Crippen LogP contribution in [0.25, 0.3) is 0 Å². The van der Waals surface area contributed by atoms with Gasteiger partial charge in [-0.1, -0.05) is 24.0 Å². The molecule has 3 aromatic rings. The highest BCUT2D eigenvalue weighted by atomic mass is 16.5. The van der Waals surface area contributed by atoms with E-state index in [1.807, 2.05) is 18.2 Å². The lowest BCUT2D eigenvalue weighted by atomic mass is 10.0. The van der Waals surface area contributed by atoms with Gasteiger partial charge in [0.1, 0.15) is 5.60 Å². The molecule has 8 nitrogen and oxygen atoms in total. The highest BCUT2D eigenvalue weighted by Gasteiger charge is 2.31. The number of ether oxygens (including phenoxy) is 1. The lowest BCUT2D eigenvalue weighted by Crippen LogP contribution is -2.37. The first-order valence-electron chi connectivity index (χ1n) is 11.6. The van der Waals surface area contributed by atoms with Crippen molar-refractivity contribution in [2.45, 2.75) is 45.9 Å². The normalized spacial score (nSPS) is 13.0. The van der Waals surface area contributed by atoms with Gasteiger partial charge in [-0.3, -0.25) is 14.5 Å². The summed E-state index contributed by atoms with van der Waals surface area (Å²) < 4.78 is 7.03. The molecule has 0 fully saturated rings. The number of carbonyl (C=O) groups is 2. The zero-order chi connectivity index (χ0) is 25.0. The number of fused-ring (bicyclic) bond motifs is 1. The van der Waals surface area contributed by atoms with E-state index in [-0.39, 0.29) is 24.8 Å². The fourth-order valence-electron chi connectivity index (χ4n) is 3.94. The Bertz CT molecular complexity index is 1300. The largest absolute Gasteiger partial charge is 0.461 e. The van der Waals surface area contributed by atoms with Crippen molar-refractivity contribution in [3.63, 3.8) is 0 Å². The third kappa shape index (κ3) is 5.76. The zero-order valence-electron chi connectivity index (χ0n) is 20.1. The first-order chi connectivity index (χ1) is 16.7. The number of benzene rings is 1. The van der Waals surface area contributed by atoms with E-state index in [1.54, 1.807) is 60.8 Å². The maximum absolute atomic E-state index is 13.3. The van der Waals surface area contributed by atoms with Crippen LogP contribution in [0.4, 0.5) is 0 Å². The van der Waals surface area contributed by atoms with Gasteiger partial charge < -0.3 is 14.7 Å². The summed E-state index contributed by atoms with van der Waals surface area (Å²) >= 11 is 0. The molecule has 0 bridgehead atoms. The van der Waals surface area contributed by atoms with E-state index in [1.165, 1.54) is 0 Å². The van der Waals surface area contributed by atoms with Gasteiger partial charge in [-0.25, -0.2) is 4.79 Å². The summed E-state index contributed by atoms with van der Waals surface area (Å²) in [6.07, 6.45) is 2.27. The van der Waals surface area contributed by atoms with Crippen molar-refractivity contribution in [1.29, 1.82) is 0 Å². The molecule has 0 spiro atoms. The highest BCUT2D eigenvalue weighted by molar-refractivity contribution is 5.95. The van der Waals surface area contributed by atoms with Gasteiger partial charge in [0.15, 0.2) is 5.69 Å². The van der Waals surface area contributed by atoms with Gasteiger partial charge in [0.2, 0.25) is 0 Å². The molecule has 0 radical (unpaired) electrons. The number of pyridine rings is 1. The summed E-state index contributed by atoms with van der Waals surface area (Å²) in [5.41, 5.74) is 2.70. The zero-order valence-corrected chi connectivity index (χ0v) is 20.1. The van der Waals surface area contributed by atoms with Gasteiger partial charge in [0.05, 0.1) is 25.4 Å². The fraction of sp³-hybridized carbons (Fsp3) is 0.333. The molecule has 1 amide bonds. The SMILES string of the molecule is CCOC(=O)c1nn(Cc2ccccn2)c2c1CN(C(=O)c1cccc(C#CC(C)(C)O)c1)CC2. The summed E-state index contributed by atoms with van der Waals surface area (Å²) in [7, 11) is 0. The van der Waals surface area contributed by atoms with E-state index < -0.39 is 11.6 Å². The summed E-state index contributed by atoms with van der Waals surface area (Å²) in [5, 5.41) is 14.4. The molecule has 1 aromatic carbocycles. The minimum absolute atomic E-state index is 0.158. The topological polar surface area (TPSA) is 97.5 Å². The van der Waals surface area contributed by atoms with Gasteiger partial charge in [-0.2, -0.15) is 5.10 Å². The quantitative estimate of drug-likeness (QED) is 0.453. The van der Waals surface area contributed by atoms with Crippen molar-refractivity contribution in [1.82, 2.24) is 19.7 Å². The van der Waals surface area contributed by atoms with Crippen LogP contribution in [0.2, 0.25) is 0 Å². The predicted molar refractivity (Wildman–Crippen MR) is 130 cm³/mol. The minimum Gasteiger partial charge on any atom is -0.461 e. The first-order valence-corrected chi connectivity index (χ1v) is 11.6. The molecule has 2 aromatic heterocycles. The van der Waals surface area contributed by atoms with E-state index in [0.29, 0.717) is 36.2 Å². The molecule has 0 saturated heterocycles. The molecule has 0 atom stereocenters. The van der Waals surface area contributed by atoms with Gasteiger partial charge >= 0.3 is 5.97 Å². The number of hydrogen-bond acceptors (Lipinski definition) is 6. The monoisotopic (exact) mass is 472 g/mol. The molecule has 4 rings (SSSR count). The summed E-state index contributed by atoms with van der Waals surface area (Å²) in [5.74, 6) is 5.02. The Morgan fingerprint density at radius 1 is 1.20 bits per heavy atom. The second kappa shape index (κ2) is 10.1. The number of amides is 1. The number of hydrogen-bond donors (Lipinski definition) is 1. The van der Waals surface area contributed by atoms with E-state index in [2.05, 4.69) is 21.9 Å². The second-order valence-electron chi connectivity index (χ2n) is 8.84. The molecule has 0 saturated carbocycles. The van der Waals surface area contributed by atoms with Crippen molar-refractivity contribution in [3.8, 4) is 11.8 Å². The van der Waals surface area contributed by atoms with Crippen LogP contribution in [0.1, 0.15) is 64.1 Å². The Morgan fingerprint density at radius 2 is 2.03 bits per heavy atom. The molecule has 3 heterocycles. The third-order valence-corrected chi connectivity index (χ3v) is 5.55. The van der Waals surface area contributed by atoms with Gasteiger partial charge in [-0.05, 0) is 51.1 Å². The number of nitrogens with zero attached hydrogens (tertiary/aromatic N) is 4. The summed E-state index contributed by atoms with van der Waals surface area (Å²) in [6, 6.07) is 12.7. The van der Waals surface area contributed by atoms with Gasteiger partial charge in [0, 0.05) is 41.5 Å². The average molecular weight is 473 g/mol. The number of rotatable bonds is 5. The maximum atomic E-state index is 13.3. The van der Waals surface area contributed by atoms with Crippen molar-refractivity contribution in [2.24, 2.45) is 0 Å². The van der Waals surface area contributed by atoms with E-state index >= 15 is 0 Å². The van der Waals surface area contributed by atoms with Crippen molar-refractivity contribution >= 4 is 11.9 Å². The lowest BCUT2D eigenvalue weighted by Gasteiger charge is -2.28. The van der Waals surface area contributed by atoms with Crippen molar-refractivity contribution in [3.05, 3.63) is 82.4 Å². The Hall–Kier alpha value is -3.96. The van der Waals surface area contributed by atoms with Crippen LogP contribution < -0.4 is 0 Å². The molecular formula is C27H28N4O4. The van der Waals surface area contributed by atoms with E-state index in [0.717, 1.165) is 11.4 Å². The lowest BCUT2D eigenvalue weighted by molar-refractivity contribution is 0.0513. The highest BCUT2D eigenvalue weighted by Crippen LogP contribution is 2.25. The molecule has 1 aliphatic heterocycles. The summed E-state index contributed by atoms with van der Waals surface area (Å²) in [4.78, 5) is 32.1. The van der Waals surface area contributed by atoms with Crippen molar-refractivity contribution < 1.29 is 19.4 Å². The van der Waals surface area contributed by atoms with Crippen LogP contribution in [0.3, 0.4) is 0 Å². The summed E-state index contributed by atoms with van der Waals surface area (Å²) in [6.45, 7) is 6.37. The molecule has 35 heavy (non-hydrogen) atoms. The fourth-order valence-corrected chi connectivity index (χ4v) is 3.94. The number of esters is 1. The maximum Gasteiger partial charge on any atom is 0.359 e. The van der Waals surface area contributed by atoms with Crippen LogP contribution in [0, 0.1) is 11.8 Å². The first kappa shape index (κ1) is 24.2. The number of aliphatic hydroxyl groups is 1. The van der Waals surface area contributed by atoms with Crippen LogP contribution in [-0.4, -0.2) is 55.4 Å². The Morgan fingerprint density at radius 3 is 2.74 bits per heavy atom. The molecule has 1 aliphatic rings. The predicted octanol–water partition coefficient (Wildman–Crippen LogP) is 2.82. The molecular weight excluding hydrogens is 444 g/mol. The molecule has 0 unspecified atom stereocenters. The van der Waals surface area contributed by atoms with Crippen LogP contribution in [-0.2, 0) is 24.2 Å². The Kier molecular flexibility index (Phi) is 6.99. The van der Waals surface area contributed by atoms with Crippen molar-refractivity contribution in [2.75, 3.05) is 13.2 Å². The Balaban J connectivity index is 1.61. The number of carbonyl (C=O) groups excluding carboxylic acids is 2. The molecule has 8 heteroatoms. The number of aromatic nitrogens is 3. The minimum atomic E-state index is -1.12. The van der Waals surface area contributed by atoms with Crippen LogP contribution in [0.15, 0.2) is 48.7 Å². The molecule has 1 N–H and O–H groups in total. The second-order valence-corrected chi connectivity index (χ2v) is 8.84. The van der Waals surface area contributed by atoms with E-state index in [4.69, 9.17) is 4.74 Å².